The number of benzene rings is 2. The molecule has 2 aromatic rings. The summed E-state index contributed by atoms with van der Waals surface area (Å²) in [6.45, 7) is 6.02. The second-order valence-corrected chi connectivity index (χ2v) is 8.24. The quantitative estimate of drug-likeness (QED) is 0.768. The van der Waals surface area contributed by atoms with Gasteiger partial charge in [-0.2, -0.15) is 0 Å². The molecule has 4 rings (SSSR count). The molecule has 170 valence electrons. The van der Waals surface area contributed by atoms with Crippen LogP contribution in [0, 0.1) is 5.82 Å². The minimum absolute atomic E-state index is 0.0141. The SMILES string of the molecule is CC1CN(c2ccc(NC(=O)CCC(=O)N3CCOc4ccccc43)cc2F)CC(C)O1. The van der Waals surface area contributed by atoms with Crippen LogP contribution in [0.2, 0.25) is 0 Å². The third-order valence-corrected chi connectivity index (χ3v) is 5.59. The van der Waals surface area contributed by atoms with Gasteiger partial charge in [-0.1, -0.05) is 12.1 Å². The summed E-state index contributed by atoms with van der Waals surface area (Å²) in [6, 6.07) is 12.0. The van der Waals surface area contributed by atoms with Crippen molar-refractivity contribution in [1.29, 1.82) is 0 Å². The summed E-state index contributed by atoms with van der Waals surface area (Å²) in [6.07, 6.45) is 0.117. The number of hydrogen-bond acceptors (Lipinski definition) is 5. The second-order valence-electron chi connectivity index (χ2n) is 8.24. The molecule has 2 amide bonds. The molecule has 2 unspecified atom stereocenters. The van der Waals surface area contributed by atoms with Crippen molar-refractivity contribution in [1.82, 2.24) is 0 Å². The molecule has 2 aromatic carbocycles. The van der Waals surface area contributed by atoms with Gasteiger partial charge in [0.25, 0.3) is 0 Å². The molecule has 1 fully saturated rings. The molecule has 0 saturated carbocycles. The van der Waals surface area contributed by atoms with Crippen molar-refractivity contribution >= 4 is 28.9 Å². The lowest BCUT2D eigenvalue weighted by Crippen LogP contribution is -2.45. The molecule has 2 heterocycles. The van der Waals surface area contributed by atoms with E-state index in [0.717, 1.165) is 0 Å². The highest BCUT2D eigenvalue weighted by molar-refractivity contribution is 5.99. The van der Waals surface area contributed by atoms with Gasteiger partial charge in [0.1, 0.15) is 18.2 Å². The highest BCUT2D eigenvalue weighted by atomic mass is 19.1. The number of fused-ring (bicyclic) bond motifs is 1. The number of rotatable bonds is 5. The summed E-state index contributed by atoms with van der Waals surface area (Å²) in [5, 5.41) is 2.69. The number of para-hydroxylation sites is 2. The maximum absolute atomic E-state index is 14.7. The predicted molar refractivity (Wildman–Crippen MR) is 121 cm³/mol. The number of carbonyl (C=O) groups is 2. The summed E-state index contributed by atoms with van der Waals surface area (Å²) in [5.74, 6) is -0.213. The lowest BCUT2D eigenvalue weighted by atomic mass is 10.1. The number of morpholine rings is 1. The summed E-state index contributed by atoms with van der Waals surface area (Å²) in [4.78, 5) is 28.6. The van der Waals surface area contributed by atoms with Gasteiger partial charge in [-0.15, -0.1) is 0 Å². The second kappa shape index (κ2) is 9.56. The Hall–Kier alpha value is -3.13. The van der Waals surface area contributed by atoms with Crippen LogP contribution in [0.15, 0.2) is 42.5 Å². The Balaban J connectivity index is 1.33. The summed E-state index contributed by atoms with van der Waals surface area (Å²) in [7, 11) is 0. The van der Waals surface area contributed by atoms with Gasteiger partial charge >= 0.3 is 0 Å². The Bertz CT molecular complexity index is 989. The van der Waals surface area contributed by atoms with Crippen LogP contribution in [0.25, 0.3) is 0 Å². The van der Waals surface area contributed by atoms with E-state index in [-0.39, 0.29) is 36.9 Å². The predicted octanol–water partition coefficient (Wildman–Crippen LogP) is 3.58. The van der Waals surface area contributed by atoms with E-state index in [1.54, 1.807) is 17.0 Å². The molecule has 0 aromatic heterocycles. The van der Waals surface area contributed by atoms with Gasteiger partial charge in [0, 0.05) is 31.6 Å². The van der Waals surface area contributed by atoms with Crippen molar-refractivity contribution in [3.05, 3.63) is 48.3 Å². The number of anilines is 3. The van der Waals surface area contributed by atoms with E-state index in [1.807, 2.05) is 43.0 Å². The summed E-state index contributed by atoms with van der Waals surface area (Å²) in [5.41, 5.74) is 1.58. The standard InChI is InChI=1S/C24H28FN3O4/c1-16-14-27(15-17(2)32-16)20-8-7-18(13-19(20)25)26-23(29)9-10-24(30)28-11-12-31-22-6-4-3-5-21(22)28/h3-8,13,16-17H,9-12,14-15H2,1-2H3,(H,26,29). The van der Waals surface area contributed by atoms with Gasteiger partial charge in [-0.05, 0) is 44.2 Å². The Kier molecular flexibility index (Phi) is 6.60. The molecule has 2 aliphatic heterocycles. The Morgan fingerprint density at radius 2 is 1.81 bits per heavy atom. The first-order valence-electron chi connectivity index (χ1n) is 10.9. The third-order valence-electron chi connectivity index (χ3n) is 5.59. The van der Waals surface area contributed by atoms with E-state index in [2.05, 4.69) is 5.32 Å². The maximum atomic E-state index is 14.7. The van der Waals surface area contributed by atoms with Gasteiger partial charge in [-0.3, -0.25) is 9.59 Å². The highest BCUT2D eigenvalue weighted by Crippen LogP contribution is 2.31. The minimum Gasteiger partial charge on any atom is -0.490 e. The van der Waals surface area contributed by atoms with Gasteiger partial charge in [0.2, 0.25) is 11.8 Å². The molecule has 1 saturated heterocycles. The fourth-order valence-electron chi connectivity index (χ4n) is 4.22. The average Bonchev–Trinajstić information content (AvgIpc) is 2.76. The van der Waals surface area contributed by atoms with Gasteiger partial charge < -0.3 is 24.6 Å². The summed E-state index contributed by atoms with van der Waals surface area (Å²) < 4.78 is 26.0. The Labute approximate surface area is 187 Å². The van der Waals surface area contributed by atoms with E-state index < -0.39 is 5.82 Å². The molecule has 7 nitrogen and oxygen atoms in total. The van der Waals surface area contributed by atoms with Crippen LogP contribution in [-0.4, -0.2) is 50.3 Å². The van der Waals surface area contributed by atoms with Crippen molar-refractivity contribution in [3.8, 4) is 5.75 Å². The first-order chi connectivity index (χ1) is 15.4. The van der Waals surface area contributed by atoms with Crippen LogP contribution in [0.5, 0.6) is 5.75 Å². The normalized spacial score (nSPS) is 20.3. The molecule has 0 radical (unpaired) electrons. The highest BCUT2D eigenvalue weighted by Gasteiger charge is 2.25. The number of hydrogen-bond donors (Lipinski definition) is 1. The molecule has 0 aliphatic carbocycles. The number of halogens is 1. The molecule has 0 spiro atoms. The molecule has 2 aliphatic rings. The van der Waals surface area contributed by atoms with E-state index >= 15 is 0 Å². The van der Waals surface area contributed by atoms with Crippen molar-refractivity contribution in [2.75, 3.05) is 41.4 Å². The van der Waals surface area contributed by atoms with E-state index in [1.165, 1.54) is 6.07 Å². The van der Waals surface area contributed by atoms with Crippen LogP contribution in [0.4, 0.5) is 21.5 Å². The Morgan fingerprint density at radius 3 is 2.56 bits per heavy atom. The average molecular weight is 442 g/mol. The topological polar surface area (TPSA) is 71.1 Å². The number of nitrogens with one attached hydrogen (secondary N) is 1. The molecular formula is C24H28FN3O4. The zero-order valence-electron chi connectivity index (χ0n) is 18.3. The third kappa shape index (κ3) is 5.02. The molecule has 1 N–H and O–H groups in total. The molecule has 32 heavy (non-hydrogen) atoms. The summed E-state index contributed by atoms with van der Waals surface area (Å²) >= 11 is 0. The smallest absolute Gasteiger partial charge is 0.227 e. The molecule has 2 atom stereocenters. The van der Waals surface area contributed by atoms with Crippen LogP contribution in [0.3, 0.4) is 0 Å². The van der Waals surface area contributed by atoms with Crippen LogP contribution < -0.4 is 19.9 Å². The van der Waals surface area contributed by atoms with Crippen molar-refractivity contribution in [2.45, 2.75) is 38.9 Å². The molecular weight excluding hydrogens is 413 g/mol. The van der Waals surface area contributed by atoms with Crippen molar-refractivity contribution < 1.29 is 23.5 Å². The number of nitrogens with zero attached hydrogens (tertiary/aromatic N) is 2. The molecule has 8 heteroatoms. The van der Waals surface area contributed by atoms with E-state index in [9.17, 15) is 14.0 Å². The van der Waals surface area contributed by atoms with Gasteiger partial charge in [0.05, 0.1) is 30.1 Å². The lowest BCUT2D eigenvalue weighted by molar-refractivity contribution is -0.122. The lowest BCUT2D eigenvalue weighted by Gasteiger charge is -2.37. The van der Waals surface area contributed by atoms with Crippen LogP contribution in [-0.2, 0) is 14.3 Å². The van der Waals surface area contributed by atoms with Crippen LogP contribution in [0.1, 0.15) is 26.7 Å². The van der Waals surface area contributed by atoms with E-state index in [0.29, 0.717) is 49.1 Å². The monoisotopic (exact) mass is 441 g/mol. The fraction of sp³-hybridized carbons (Fsp3) is 0.417. The Morgan fingerprint density at radius 1 is 1.06 bits per heavy atom. The first kappa shape index (κ1) is 22.1. The van der Waals surface area contributed by atoms with Crippen molar-refractivity contribution in [2.24, 2.45) is 0 Å². The first-order valence-corrected chi connectivity index (χ1v) is 10.9. The van der Waals surface area contributed by atoms with Gasteiger partial charge in [-0.25, -0.2) is 4.39 Å². The largest absolute Gasteiger partial charge is 0.490 e. The maximum Gasteiger partial charge on any atom is 0.227 e. The van der Waals surface area contributed by atoms with Crippen LogP contribution >= 0.6 is 0 Å². The van der Waals surface area contributed by atoms with Gasteiger partial charge in [0.15, 0.2) is 0 Å². The molecule has 0 bridgehead atoms. The fourth-order valence-corrected chi connectivity index (χ4v) is 4.22. The zero-order valence-corrected chi connectivity index (χ0v) is 18.3. The number of carbonyl (C=O) groups excluding carboxylic acids is 2. The number of amides is 2. The van der Waals surface area contributed by atoms with E-state index in [4.69, 9.17) is 9.47 Å². The zero-order chi connectivity index (χ0) is 22.7. The minimum atomic E-state index is -0.398. The van der Waals surface area contributed by atoms with Crippen molar-refractivity contribution in [3.63, 3.8) is 0 Å². The number of ether oxygens (including phenoxy) is 2.